The van der Waals surface area contributed by atoms with Crippen LogP contribution >= 0.6 is 0 Å². The Morgan fingerprint density at radius 3 is 2.29 bits per heavy atom. The third-order valence-electron chi connectivity index (χ3n) is 2.96. The highest BCUT2D eigenvalue weighted by Gasteiger charge is 2.23. The van der Waals surface area contributed by atoms with Gasteiger partial charge in [-0.2, -0.15) is 0 Å². The molecule has 96 valence electrons. The largest absolute Gasteiger partial charge is 0.267 e. The van der Waals surface area contributed by atoms with E-state index in [0.717, 1.165) is 24.1 Å². The molecule has 1 aromatic rings. The highest BCUT2D eigenvalue weighted by atomic mass is 32.2. The van der Waals surface area contributed by atoms with Crippen LogP contribution in [-0.2, 0) is 16.4 Å². The van der Waals surface area contributed by atoms with E-state index in [1.807, 2.05) is 45.0 Å². The zero-order valence-electron chi connectivity index (χ0n) is 11.0. The first-order valence-electron chi connectivity index (χ1n) is 5.99. The summed E-state index contributed by atoms with van der Waals surface area (Å²) >= 11 is 0. The van der Waals surface area contributed by atoms with Crippen LogP contribution in [0.25, 0.3) is 0 Å². The fourth-order valence-electron chi connectivity index (χ4n) is 1.93. The summed E-state index contributed by atoms with van der Waals surface area (Å²) in [6, 6.07) is 7.67. The van der Waals surface area contributed by atoms with Crippen LogP contribution in [0.4, 0.5) is 5.69 Å². The normalized spacial score (nSPS) is 13.4. The number of rotatable bonds is 5. The molecule has 1 rings (SSSR count). The lowest BCUT2D eigenvalue weighted by Crippen LogP contribution is -2.38. The number of nitrogens with zero attached hydrogens (tertiary/aromatic N) is 1. The van der Waals surface area contributed by atoms with Crippen LogP contribution in [0.5, 0.6) is 0 Å². The second-order valence-corrected chi connectivity index (χ2v) is 6.16. The minimum Gasteiger partial charge on any atom is -0.267 e. The number of sulfonamides is 1. The van der Waals surface area contributed by atoms with Crippen LogP contribution in [-0.4, -0.2) is 20.7 Å². The van der Waals surface area contributed by atoms with Gasteiger partial charge in [0.2, 0.25) is 10.0 Å². The first kappa shape index (κ1) is 14.0. The van der Waals surface area contributed by atoms with Crippen LogP contribution in [0.3, 0.4) is 0 Å². The van der Waals surface area contributed by atoms with Crippen molar-refractivity contribution in [2.24, 2.45) is 0 Å². The maximum atomic E-state index is 11.9. The molecule has 0 radical (unpaired) electrons. The van der Waals surface area contributed by atoms with Gasteiger partial charge in [-0.05, 0) is 31.4 Å². The van der Waals surface area contributed by atoms with E-state index in [1.165, 1.54) is 10.6 Å². The molecule has 17 heavy (non-hydrogen) atoms. The van der Waals surface area contributed by atoms with Gasteiger partial charge in [0.15, 0.2) is 0 Å². The number of hydrogen-bond acceptors (Lipinski definition) is 2. The van der Waals surface area contributed by atoms with Crippen molar-refractivity contribution in [3.05, 3.63) is 29.8 Å². The number of benzene rings is 1. The molecule has 1 aromatic carbocycles. The monoisotopic (exact) mass is 255 g/mol. The lowest BCUT2D eigenvalue weighted by Gasteiger charge is -2.30. The maximum Gasteiger partial charge on any atom is 0.232 e. The Hall–Kier alpha value is -1.03. The molecule has 1 atom stereocenters. The summed E-state index contributed by atoms with van der Waals surface area (Å²) < 4.78 is 25.4. The molecule has 0 fully saturated rings. The number of hydrogen-bond donors (Lipinski definition) is 0. The Morgan fingerprint density at radius 2 is 1.82 bits per heavy atom. The number of para-hydroxylation sites is 1. The van der Waals surface area contributed by atoms with Crippen molar-refractivity contribution < 1.29 is 8.42 Å². The van der Waals surface area contributed by atoms with E-state index in [-0.39, 0.29) is 6.04 Å². The highest BCUT2D eigenvalue weighted by molar-refractivity contribution is 7.92. The minimum atomic E-state index is -3.23. The molecule has 0 aliphatic rings. The van der Waals surface area contributed by atoms with Crippen LogP contribution in [0.2, 0.25) is 0 Å². The van der Waals surface area contributed by atoms with Gasteiger partial charge in [0.05, 0.1) is 11.9 Å². The molecule has 4 heteroatoms. The van der Waals surface area contributed by atoms with Crippen molar-refractivity contribution in [3.8, 4) is 0 Å². The fourth-order valence-corrected chi connectivity index (χ4v) is 3.27. The zero-order valence-corrected chi connectivity index (χ0v) is 11.8. The SMILES string of the molecule is CCc1ccccc1N([C@@H](C)CC)S(C)(=O)=O. The first-order chi connectivity index (χ1) is 7.91. The molecule has 0 amide bonds. The molecule has 0 saturated carbocycles. The smallest absolute Gasteiger partial charge is 0.232 e. The van der Waals surface area contributed by atoms with Gasteiger partial charge in [-0.1, -0.05) is 32.0 Å². The third-order valence-corrected chi connectivity index (χ3v) is 4.23. The average molecular weight is 255 g/mol. The van der Waals surface area contributed by atoms with Gasteiger partial charge in [0.1, 0.15) is 0 Å². The van der Waals surface area contributed by atoms with Crippen LogP contribution in [0.1, 0.15) is 32.8 Å². The Kier molecular flexibility index (Phi) is 4.57. The Labute approximate surface area is 105 Å². The van der Waals surface area contributed by atoms with Gasteiger partial charge in [-0.25, -0.2) is 8.42 Å². The van der Waals surface area contributed by atoms with E-state index in [4.69, 9.17) is 0 Å². The van der Waals surface area contributed by atoms with Gasteiger partial charge in [0, 0.05) is 6.04 Å². The van der Waals surface area contributed by atoms with Gasteiger partial charge < -0.3 is 0 Å². The molecule has 3 nitrogen and oxygen atoms in total. The molecule has 0 saturated heterocycles. The van der Waals surface area contributed by atoms with Crippen molar-refractivity contribution in [1.29, 1.82) is 0 Å². The summed E-state index contributed by atoms with van der Waals surface area (Å²) in [6.45, 7) is 5.97. The van der Waals surface area contributed by atoms with Crippen molar-refractivity contribution in [2.45, 2.75) is 39.7 Å². The summed E-state index contributed by atoms with van der Waals surface area (Å²) in [6.07, 6.45) is 2.90. The fraction of sp³-hybridized carbons (Fsp3) is 0.538. The van der Waals surface area contributed by atoms with Crippen molar-refractivity contribution in [1.82, 2.24) is 0 Å². The molecule has 0 unspecified atom stereocenters. The lowest BCUT2D eigenvalue weighted by atomic mass is 10.1. The maximum absolute atomic E-state index is 11.9. The molecule has 0 aromatic heterocycles. The van der Waals surface area contributed by atoms with E-state index in [0.29, 0.717) is 0 Å². The zero-order chi connectivity index (χ0) is 13.1. The second kappa shape index (κ2) is 5.54. The summed E-state index contributed by atoms with van der Waals surface area (Å²) in [5.74, 6) is 0. The van der Waals surface area contributed by atoms with E-state index < -0.39 is 10.0 Å². The first-order valence-corrected chi connectivity index (χ1v) is 7.83. The van der Waals surface area contributed by atoms with Gasteiger partial charge in [-0.15, -0.1) is 0 Å². The number of aryl methyl sites for hydroxylation is 1. The Balaban J connectivity index is 3.32. The molecule has 0 heterocycles. The highest BCUT2D eigenvalue weighted by Crippen LogP contribution is 2.26. The van der Waals surface area contributed by atoms with E-state index >= 15 is 0 Å². The summed E-state index contributed by atoms with van der Waals surface area (Å²) in [5.41, 5.74) is 1.88. The van der Waals surface area contributed by atoms with Crippen molar-refractivity contribution in [3.63, 3.8) is 0 Å². The quantitative estimate of drug-likeness (QED) is 0.811. The number of anilines is 1. The summed E-state index contributed by atoms with van der Waals surface area (Å²) in [7, 11) is -3.23. The van der Waals surface area contributed by atoms with Crippen LogP contribution < -0.4 is 4.31 Å². The standard InChI is InChI=1S/C13H21NO2S/c1-5-11(3)14(17(4,15)16)13-10-8-7-9-12(13)6-2/h7-11H,5-6H2,1-4H3/t11-/m0/s1. The molecule has 0 bridgehead atoms. The van der Waals surface area contributed by atoms with Crippen molar-refractivity contribution >= 4 is 15.7 Å². The molecule has 0 aliphatic carbocycles. The molecule has 0 spiro atoms. The molecular formula is C13H21NO2S. The third kappa shape index (κ3) is 3.22. The van der Waals surface area contributed by atoms with E-state index in [1.54, 1.807) is 0 Å². The van der Waals surface area contributed by atoms with Crippen LogP contribution in [0, 0.1) is 0 Å². The molecular weight excluding hydrogens is 234 g/mol. The van der Waals surface area contributed by atoms with Gasteiger partial charge in [-0.3, -0.25) is 4.31 Å². The summed E-state index contributed by atoms with van der Waals surface area (Å²) in [4.78, 5) is 0. The van der Waals surface area contributed by atoms with Gasteiger partial charge in [0.25, 0.3) is 0 Å². The second-order valence-electron chi connectivity index (χ2n) is 4.30. The Bertz CT molecular complexity index is 468. The van der Waals surface area contributed by atoms with E-state index in [9.17, 15) is 8.42 Å². The topological polar surface area (TPSA) is 37.4 Å². The predicted molar refractivity (Wildman–Crippen MR) is 72.9 cm³/mol. The van der Waals surface area contributed by atoms with Crippen molar-refractivity contribution in [2.75, 3.05) is 10.6 Å². The summed E-state index contributed by atoms with van der Waals surface area (Å²) in [5, 5.41) is 0. The van der Waals surface area contributed by atoms with Crippen LogP contribution in [0.15, 0.2) is 24.3 Å². The minimum absolute atomic E-state index is 0.0160. The Morgan fingerprint density at radius 1 is 1.24 bits per heavy atom. The van der Waals surface area contributed by atoms with E-state index in [2.05, 4.69) is 0 Å². The lowest BCUT2D eigenvalue weighted by molar-refractivity contribution is 0.582. The molecule has 0 aliphatic heterocycles. The predicted octanol–water partition coefficient (Wildman–Crippen LogP) is 2.81. The molecule has 0 N–H and O–H groups in total. The average Bonchev–Trinajstić information content (AvgIpc) is 2.28. The van der Waals surface area contributed by atoms with Gasteiger partial charge >= 0.3 is 0 Å².